The molecule has 2 rings (SSSR count). The van der Waals surface area contributed by atoms with E-state index < -0.39 is 0 Å². The van der Waals surface area contributed by atoms with Gasteiger partial charge < -0.3 is 5.32 Å². The zero-order valence-electron chi connectivity index (χ0n) is 9.47. The highest BCUT2D eigenvalue weighted by atomic mass is 79.9. The number of hydrogen-bond donors (Lipinski definition) is 1. The van der Waals surface area contributed by atoms with Gasteiger partial charge in [0, 0.05) is 11.6 Å². The average molecular weight is 286 g/mol. The Morgan fingerprint density at radius 1 is 1.50 bits per heavy atom. The normalized spacial score (nSPS) is 25.7. The molecule has 1 nitrogen and oxygen atoms in total. The molecule has 1 saturated heterocycles. The number of halogens is 2. The van der Waals surface area contributed by atoms with Gasteiger partial charge in [0.05, 0.1) is 4.47 Å². The van der Waals surface area contributed by atoms with Gasteiger partial charge in [0.2, 0.25) is 0 Å². The van der Waals surface area contributed by atoms with Gasteiger partial charge in [0.25, 0.3) is 0 Å². The molecule has 0 saturated carbocycles. The predicted octanol–water partition coefficient (Wildman–Crippen LogP) is 4.04. The molecule has 0 aromatic heterocycles. The van der Waals surface area contributed by atoms with Gasteiger partial charge in [0.1, 0.15) is 5.82 Å². The van der Waals surface area contributed by atoms with Gasteiger partial charge in [-0.15, -0.1) is 0 Å². The van der Waals surface area contributed by atoms with Crippen LogP contribution in [0, 0.1) is 11.7 Å². The molecule has 1 aromatic rings. The van der Waals surface area contributed by atoms with E-state index in [-0.39, 0.29) is 11.9 Å². The Morgan fingerprint density at radius 2 is 2.31 bits per heavy atom. The van der Waals surface area contributed by atoms with E-state index >= 15 is 0 Å². The lowest BCUT2D eigenvalue weighted by atomic mass is 9.87. The van der Waals surface area contributed by atoms with Gasteiger partial charge in [-0.2, -0.15) is 0 Å². The molecule has 0 amide bonds. The molecule has 1 N–H and O–H groups in total. The Kier molecular flexibility index (Phi) is 3.98. The monoisotopic (exact) mass is 285 g/mol. The van der Waals surface area contributed by atoms with Gasteiger partial charge in [-0.1, -0.05) is 25.5 Å². The summed E-state index contributed by atoms with van der Waals surface area (Å²) < 4.78 is 14.5. The number of hydrogen-bond acceptors (Lipinski definition) is 1. The second kappa shape index (κ2) is 5.28. The fourth-order valence-corrected chi connectivity index (χ4v) is 2.78. The van der Waals surface area contributed by atoms with Crippen LogP contribution in [0.5, 0.6) is 0 Å². The van der Waals surface area contributed by atoms with E-state index in [1.54, 1.807) is 6.07 Å². The summed E-state index contributed by atoms with van der Waals surface area (Å²) in [6, 6.07) is 5.71. The van der Waals surface area contributed by atoms with Gasteiger partial charge in [-0.3, -0.25) is 0 Å². The van der Waals surface area contributed by atoms with Crippen molar-refractivity contribution >= 4 is 15.9 Å². The minimum atomic E-state index is -0.114. The summed E-state index contributed by atoms with van der Waals surface area (Å²) in [6.07, 6.45) is 3.44. The molecule has 3 heteroatoms. The van der Waals surface area contributed by atoms with Crippen molar-refractivity contribution < 1.29 is 4.39 Å². The Morgan fingerprint density at radius 3 is 3.06 bits per heavy atom. The van der Waals surface area contributed by atoms with Gasteiger partial charge >= 0.3 is 0 Å². The number of nitrogens with one attached hydrogen (secondary N) is 1. The summed E-state index contributed by atoms with van der Waals surface area (Å²) in [5, 5.41) is 3.41. The van der Waals surface area contributed by atoms with Crippen molar-refractivity contribution in [2.75, 3.05) is 6.54 Å². The molecule has 88 valence electrons. The second-order valence-corrected chi connectivity index (χ2v) is 5.30. The van der Waals surface area contributed by atoms with Crippen molar-refractivity contribution in [2.24, 2.45) is 5.92 Å². The van der Waals surface area contributed by atoms with Gasteiger partial charge in [-0.05, 0) is 47.3 Å². The standard InChI is InChI=1S/C13H17BrFN/c1-2-9-6-7-16-12(8-9)10-4-3-5-11(14)13(10)15/h3-5,9,12,16H,2,6-8H2,1H3. The van der Waals surface area contributed by atoms with E-state index in [0.29, 0.717) is 4.47 Å². The summed E-state index contributed by atoms with van der Waals surface area (Å²) in [7, 11) is 0. The second-order valence-electron chi connectivity index (χ2n) is 4.45. The number of rotatable bonds is 2. The van der Waals surface area contributed by atoms with Crippen LogP contribution >= 0.6 is 15.9 Å². The van der Waals surface area contributed by atoms with Crippen LogP contribution in [-0.4, -0.2) is 6.54 Å². The molecule has 0 aliphatic carbocycles. The maximum atomic E-state index is 13.9. The summed E-state index contributed by atoms with van der Waals surface area (Å²) in [4.78, 5) is 0. The lowest BCUT2D eigenvalue weighted by Gasteiger charge is -2.30. The fourth-order valence-electron chi connectivity index (χ4n) is 2.39. The van der Waals surface area contributed by atoms with Crippen molar-refractivity contribution in [3.05, 3.63) is 34.1 Å². The van der Waals surface area contributed by atoms with E-state index in [9.17, 15) is 4.39 Å². The molecule has 1 aliphatic rings. The quantitative estimate of drug-likeness (QED) is 0.865. The maximum absolute atomic E-state index is 13.9. The van der Waals surface area contributed by atoms with Crippen molar-refractivity contribution in [3.8, 4) is 0 Å². The van der Waals surface area contributed by atoms with Crippen molar-refractivity contribution in [1.29, 1.82) is 0 Å². The summed E-state index contributed by atoms with van der Waals surface area (Å²) in [5.41, 5.74) is 0.799. The molecule has 1 aromatic carbocycles. The molecule has 16 heavy (non-hydrogen) atoms. The first-order chi connectivity index (χ1) is 7.72. The van der Waals surface area contributed by atoms with Crippen molar-refractivity contribution in [2.45, 2.75) is 32.2 Å². The molecule has 1 fully saturated rings. The molecule has 1 aliphatic heterocycles. The lowest BCUT2D eigenvalue weighted by molar-refractivity contribution is 0.294. The number of piperidine rings is 1. The largest absolute Gasteiger partial charge is 0.310 e. The van der Waals surface area contributed by atoms with Crippen LogP contribution in [0.1, 0.15) is 37.8 Å². The smallest absolute Gasteiger partial charge is 0.142 e. The molecule has 0 spiro atoms. The van der Waals surface area contributed by atoms with Crippen LogP contribution < -0.4 is 5.32 Å². The third-order valence-corrected chi connectivity index (χ3v) is 4.06. The Balaban J connectivity index is 2.20. The predicted molar refractivity (Wildman–Crippen MR) is 67.9 cm³/mol. The van der Waals surface area contributed by atoms with Gasteiger partial charge in [-0.25, -0.2) is 4.39 Å². The lowest BCUT2D eigenvalue weighted by Crippen LogP contribution is -2.32. The minimum absolute atomic E-state index is 0.114. The van der Waals surface area contributed by atoms with Crippen LogP contribution in [0.4, 0.5) is 4.39 Å². The van der Waals surface area contributed by atoms with E-state index in [1.165, 1.54) is 12.8 Å². The molecular weight excluding hydrogens is 269 g/mol. The molecule has 1 heterocycles. The summed E-state index contributed by atoms with van der Waals surface area (Å²) >= 11 is 3.24. The first-order valence-corrected chi connectivity index (χ1v) is 6.69. The maximum Gasteiger partial charge on any atom is 0.142 e. The molecule has 0 radical (unpaired) electrons. The highest BCUT2D eigenvalue weighted by Gasteiger charge is 2.24. The zero-order valence-corrected chi connectivity index (χ0v) is 11.1. The van der Waals surface area contributed by atoms with E-state index in [0.717, 1.165) is 24.4 Å². The Labute approximate surface area is 105 Å². The Bertz CT molecular complexity index is 367. The van der Waals surface area contributed by atoms with Crippen LogP contribution in [0.2, 0.25) is 0 Å². The van der Waals surface area contributed by atoms with Crippen LogP contribution in [0.25, 0.3) is 0 Å². The first kappa shape index (κ1) is 12.1. The molecule has 0 bridgehead atoms. The Hall–Kier alpha value is -0.410. The van der Waals surface area contributed by atoms with Gasteiger partial charge in [0.15, 0.2) is 0 Å². The summed E-state index contributed by atoms with van der Waals surface area (Å²) in [6.45, 7) is 3.21. The first-order valence-electron chi connectivity index (χ1n) is 5.89. The molecule has 2 unspecified atom stereocenters. The SMILES string of the molecule is CCC1CCNC(c2cccc(Br)c2F)C1. The zero-order chi connectivity index (χ0) is 11.5. The van der Waals surface area contributed by atoms with E-state index in [1.807, 2.05) is 12.1 Å². The van der Waals surface area contributed by atoms with Crippen LogP contribution in [0.3, 0.4) is 0 Å². The summed E-state index contributed by atoms with van der Waals surface area (Å²) in [5.74, 6) is 0.612. The topological polar surface area (TPSA) is 12.0 Å². The third kappa shape index (κ3) is 2.46. The van der Waals surface area contributed by atoms with E-state index in [2.05, 4.69) is 28.2 Å². The molecular formula is C13H17BrFN. The van der Waals surface area contributed by atoms with Crippen LogP contribution in [-0.2, 0) is 0 Å². The van der Waals surface area contributed by atoms with E-state index in [4.69, 9.17) is 0 Å². The highest BCUT2D eigenvalue weighted by molar-refractivity contribution is 9.10. The highest BCUT2D eigenvalue weighted by Crippen LogP contribution is 2.32. The fraction of sp³-hybridized carbons (Fsp3) is 0.538. The average Bonchev–Trinajstić information content (AvgIpc) is 2.33. The van der Waals surface area contributed by atoms with Crippen molar-refractivity contribution in [3.63, 3.8) is 0 Å². The molecule has 2 atom stereocenters. The number of benzene rings is 1. The minimum Gasteiger partial charge on any atom is -0.310 e. The third-order valence-electron chi connectivity index (χ3n) is 3.45. The van der Waals surface area contributed by atoms with Crippen molar-refractivity contribution in [1.82, 2.24) is 5.32 Å². The van der Waals surface area contributed by atoms with Crippen LogP contribution in [0.15, 0.2) is 22.7 Å².